The molecule has 2 heterocycles. The lowest BCUT2D eigenvalue weighted by atomic mass is 10.1. The topological polar surface area (TPSA) is 87.4 Å². The van der Waals surface area contributed by atoms with Crippen molar-refractivity contribution in [1.82, 2.24) is 30.3 Å². The van der Waals surface area contributed by atoms with Crippen LogP contribution < -0.4 is 10.6 Å². The Balaban J connectivity index is 0.00000288. The quantitative estimate of drug-likeness (QED) is 0.388. The Kier molecular flexibility index (Phi) is 8.43. The van der Waals surface area contributed by atoms with Crippen LogP contribution in [0, 0.1) is 5.92 Å². The van der Waals surface area contributed by atoms with E-state index in [2.05, 4.69) is 39.6 Å². The molecule has 1 aromatic heterocycles. The third-order valence-electron chi connectivity index (χ3n) is 3.70. The van der Waals surface area contributed by atoms with Crippen LogP contribution in [0.15, 0.2) is 11.3 Å². The lowest BCUT2D eigenvalue weighted by Crippen LogP contribution is -2.48. The zero-order chi connectivity index (χ0) is 16.8. The van der Waals surface area contributed by atoms with Gasteiger partial charge in [0, 0.05) is 33.1 Å². The predicted molar refractivity (Wildman–Crippen MR) is 105 cm³/mol. The van der Waals surface area contributed by atoms with Crippen molar-refractivity contribution in [3.05, 3.63) is 12.2 Å². The van der Waals surface area contributed by atoms with Gasteiger partial charge in [-0.05, 0) is 12.3 Å². The van der Waals surface area contributed by atoms with E-state index in [-0.39, 0.29) is 42.5 Å². The van der Waals surface area contributed by atoms with Gasteiger partial charge >= 0.3 is 0 Å². The fourth-order valence-electron chi connectivity index (χ4n) is 2.29. The normalized spacial score (nSPS) is 17.0. The first-order valence-corrected chi connectivity index (χ1v) is 8.07. The molecule has 0 saturated carbocycles. The van der Waals surface area contributed by atoms with E-state index in [9.17, 15) is 4.79 Å². The highest BCUT2D eigenvalue weighted by Gasteiger charge is 2.20. The molecule has 0 fully saturated rings. The second-order valence-corrected chi connectivity index (χ2v) is 6.47. The molecule has 1 aliphatic heterocycles. The molecule has 2 N–H and O–H groups in total. The molecule has 2 rings (SSSR count). The van der Waals surface area contributed by atoms with E-state index in [1.807, 2.05) is 4.68 Å². The van der Waals surface area contributed by atoms with Gasteiger partial charge in [0.25, 0.3) is 0 Å². The first-order chi connectivity index (χ1) is 11.0. The molecule has 0 spiro atoms. The van der Waals surface area contributed by atoms with Gasteiger partial charge in [0.05, 0.1) is 6.54 Å². The Morgan fingerprint density at radius 1 is 1.50 bits per heavy atom. The number of nitrogens with zero attached hydrogens (tertiary/aromatic N) is 5. The highest BCUT2D eigenvalue weighted by molar-refractivity contribution is 14.0. The van der Waals surface area contributed by atoms with Gasteiger partial charge in [-0.15, -0.1) is 24.0 Å². The van der Waals surface area contributed by atoms with Crippen LogP contribution in [-0.4, -0.2) is 64.8 Å². The number of carbonyl (C=O) groups excluding carboxylic acids is 1. The van der Waals surface area contributed by atoms with E-state index >= 15 is 0 Å². The van der Waals surface area contributed by atoms with Crippen molar-refractivity contribution in [3.63, 3.8) is 0 Å². The number of fused-ring (bicyclic) bond motifs is 1. The molecule has 1 amide bonds. The monoisotopic (exact) mass is 449 g/mol. The molecule has 24 heavy (non-hydrogen) atoms. The summed E-state index contributed by atoms with van der Waals surface area (Å²) in [6.07, 6.45) is 3.47. The van der Waals surface area contributed by atoms with Gasteiger partial charge in [-0.3, -0.25) is 4.79 Å². The number of aryl methyl sites for hydroxylation is 1. The standard InChI is InChI=1S/C15H27N7O.HI/c1-11(2)7-16-15(17-8-14(23)21(3)4)20-12-5-6-13-18-10-19-22(13)9-12;/h10-12H,5-9H2,1-4H3,(H2,16,17,20);1H. The van der Waals surface area contributed by atoms with E-state index in [1.54, 1.807) is 25.3 Å². The van der Waals surface area contributed by atoms with E-state index < -0.39 is 0 Å². The van der Waals surface area contributed by atoms with Crippen molar-refractivity contribution in [1.29, 1.82) is 0 Å². The number of carbonyl (C=O) groups is 1. The van der Waals surface area contributed by atoms with E-state index in [1.165, 1.54) is 0 Å². The van der Waals surface area contributed by atoms with Crippen LogP contribution in [0.25, 0.3) is 0 Å². The van der Waals surface area contributed by atoms with Crippen molar-refractivity contribution >= 4 is 35.8 Å². The highest BCUT2D eigenvalue weighted by Crippen LogP contribution is 2.11. The van der Waals surface area contributed by atoms with Crippen LogP contribution in [0.1, 0.15) is 26.1 Å². The molecule has 0 radical (unpaired) electrons. The number of hydrogen-bond acceptors (Lipinski definition) is 4. The summed E-state index contributed by atoms with van der Waals surface area (Å²) in [6, 6.07) is 0.233. The maximum absolute atomic E-state index is 11.7. The molecular weight excluding hydrogens is 421 g/mol. The third-order valence-corrected chi connectivity index (χ3v) is 3.70. The minimum Gasteiger partial charge on any atom is -0.356 e. The van der Waals surface area contributed by atoms with Crippen molar-refractivity contribution < 1.29 is 4.79 Å². The fourth-order valence-corrected chi connectivity index (χ4v) is 2.29. The minimum absolute atomic E-state index is 0. The Hall–Kier alpha value is -1.39. The summed E-state index contributed by atoms with van der Waals surface area (Å²) in [6.45, 7) is 5.99. The van der Waals surface area contributed by atoms with Gasteiger partial charge in [0.2, 0.25) is 5.91 Å². The van der Waals surface area contributed by atoms with Crippen molar-refractivity contribution in [2.75, 3.05) is 27.2 Å². The lowest BCUT2D eigenvalue weighted by molar-refractivity contribution is -0.127. The maximum Gasteiger partial charge on any atom is 0.243 e. The largest absolute Gasteiger partial charge is 0.356 e. The number of aliphatic imine (C=N–C) groups is 1. The molecule has 9 heteroatoms. The molecule has 0 aromatic carbocycles. The number of rotatable bonds is 5. The summed E-state index contributed by atoms with van der Waals surface area (Å²) < 4.78 is 1.92. The molecule has 1 aromatic rings. The van der Waals surface area contributed by atoms with Crippen molar-refractivity contribution in [2.45, 2.75) is 39.3 Å². The summed E-state index contributed by atoms with van der Waals surface area (Å²) in [5.41, 5.74) is 0. The molecule has 0 aliphatic carbocycles. The van der Waals surface area contributed by atoms with Crippen LogP contribution in [-0.2, 0) is 17.8 Å². The number of likely N-dealkylation sites (N-methyl/N-ethyl adjacent to an activating group) is 1. The number of nitrogens with one attached hydrogen (secondary N) is 2. The van der Waals surface area contributed by atoms with Gasteiger partial charge in [-0.2, -0.15) is 5.10 Å². The SMILES string of the molecule is CC(C)CNC(=NCC(=O)N(C)C)NC1CCc2ncnn2C1.I. The van der Waals surface area contributed by atoms with Crippen LogP contribution in [0.2, 0.25) is 0 Å². The zero-order valence-electron chi connectivity index (χ0n) is 14.8. The number of amides is 1. The number of aromatic nitrogens is 3. The average Bonchev–Trinajstić information content (AvgIpc) is 2.96. The van der Waals surface area contributed by atoms with Crippen LogP contribution in [0.4, 0.5) is 0 Å². The lowest BCUT2D eigenvalue weighted by Gasteiger charge is -2.26. The smallest absolute Gasteiger partial charge is 0.243 e. The van der Waals surface area contributed by atoms with E-state index in [0.29, 0.717) is 11.9 Å². The first kappa shape index (κ1) is 20.7. The summed E-state index contributed by atoms with van der Waals surface area (Å²) in [5, 5.41) is 10.9. The Labute approximate surface area is 160 Å². The van der Waals surface area contributed by atoms with Crippen LogP contribution in [0.5, 0.6) is 0 Å². The Morgan fingerprint density at radius 2 is 2.25 bits per heavy atom. The molecule has 8 nitrogen and oxygen atoms in total. The average molecular weight is 449 g/mol. The van der Waals surface area contributed by atoms with Gasteiger partial charge < -0.3 is 15.5 Å². The number of halogens is 1. The van der Waals surface area contributed by atoms with Gasteiger partial charge in [0.1, 0.15) is 18.7 Å². The molecule has 0 bridgehead atoms. The van der Waals surface area contributed by atoms with Crippen molar-refractivity contribution in [2.24, 2.45) is 10.9 Å². The maximum atomic E-state index is 11.7. The molecule has 1 unspecified atom stereocenters. The summed E-state index contributed by atoms with van der Waals surface area (Å²) in [5.74, 6) is 2.19. The zero-order valence-corrected chi connectivity index (χ0v) is 17.2. The van der Waals surface area contributed by atoms with E-state index in [0.717, 1.165) is 31.8 Å². The second kappa shape index (κ2) is 9.80. The van der Waals surface area contributed by atoms with E-state index in [4.69, 9.17) is 0 Å². The number of hydrogen-bond donors (Lipinski definition) is 2. The van der Waals surface area contributed by atoms with Crippen LogP contribution >= 0.6 is 24.0 Å². The Morgan fingerprint density at radius 3 is 2.92 bits per heavy atom. The molecular formula is C15H28IN7O. The molecule has 1 atom stereocenters. The molecule has 0 saturated heterocycles. The van der Waals surface area contributed by atoms with Crippen molar-refractivity contribution in [3.8, 4) is 0 Å². The van der Waals surface area contributed by atoms with Gasteiger partial charge in [0.15, 0.2) is 5.96 Å². The molecule has 1 aliphatic rings. The summed E-state index contributed by atoms with van der Waals surface area (Å²) in [4.78, 5) is 21.9. The first-order valence-electron chi connectivity index (χ1n) is 8.07. The summed E-state index contributed by atoms with van der Waals surface area (Å²) >= 11 is 0. The predicted octanol–water partition coefficient (Wildman–Crippen LogP) is 0.490. The number of guanidine groups is 1. The third kappa shape index (κ3) is 6.25. The van der Waals surface area contributed by atoms with Gasteiger partial charge in [-0.1, -0.05) is 13.8 Å². The summed E-state index contributed by atoms with van der Waals surface area (Å²) in [7, 11) is 3.47. The van der Waals surface area contributed by atoms with Gasteiger partial charge in [-0.25, -0.2) is 14.7 Å². The highest BCUT2D eigenvalue weighted by atomic mass is 127. The van der Waals surface area contributed by atoms with Crippen LogP contribution in [0.3, 0.4) is 0 Å². The fraction of sp³-hybridized carbons (Fsp3) is 0.733. The molecule has 136 valence electrons. The Bertz CT molecular complexity index is 556. The minimum atomic E-state index is -0.0159. The second-order valence-electron chi connectivity index (χ2n) is 6.47.